The molecule has 1 aliphatic rings. The lowest BCUT2D eigenvalue weighted by atomic mass is 9.93. The highest BCUT2D eigenvalue weighted by Gasteiger charge is 2.16. The molecule has 0 unspecified atom stereocenters. The molecule has 0 atom stereocenters. The number of aromatic amines is 1. The van der Waals surface area contributed by atoms with Crippen molar-refractivity contribution in [3.8, 4) is 6.01 Å². The van der Waals surface area contributed by atoms with E-state index in [0.717, 1.165) is 44.7 Å². The number of anilines is 1. The smallest absolute Gasteiger partial charge is 0.327 e. The number of hydrogen-bond acceptors (Lipinski definition) is 6. The van der Waals surface area contributed by atoms with E-state index in [0.29, 0.717) is 24.3 Å². The standard InChI is InChI=1S/C17H28N6O2.ClH/c1-2-3-11-25-16-21-14(18)13-15(22-16)23(17(24)20-13)10-4-5-12-6-8-19-9-7-12;/h12,19H,2-11H2,1H3,(H,20,24)(H2,18,21,22);1H. The Balaban J connectivity index is 0.00000243. The van der Waals surface area contributed by atoms with E-state index in [9.17, 15) is 4.79 Å². The van der Waals surface area contributed by atoms with Crippen molar-refractivity contribution in [3.05, 3.63) is 10.5 Å². The molecule has 0 spiro atoms. The largest absolute Gasteiger partial charge is 0.463 e. The lowest BCUT2D eigenvalue weighted by Gasteiger charge is -2.22. The minimum absolute atomic E-state index is 0. The van der Waals surface area contributed by atoms with Crippen LogP contribution in [0.2, 0.25) is 0 Å². The van der Waals surface area contributed by atoms with Crippen molar-refractivity contribution in [2.75, 3.05) is 25.4 Å². The van der Waals surface area contributed by atoms with Gasteiger partial charge in [0, 0.05) is 6.54 Å². The molecule has 4 N–H and O–H groups in total. The van der Waals surface area contributed by atoms with Crippen LogP contribution in [-0.2, 0) is 6.54 Å². The molecule has 3 rings (SSSR count). The maximum atomic E-state index is 12.3. The number of unbranched alkanes of at least 4 members (excludes halogenated alkanes) is 1. The van der Waals surface area contributed by atoms with Crippen LogP contribution in [0.3, 0.4) is 0 Å². The van der Waals surface area contributed by atoms with Crippen molar-refractivity contribution in [1.29, 1.82) is 0 Å². The van der Waals surface area contributed by atoms with Gasteiger partial charge in [0.05, 0.1) is 6.61 Å². The zero-order valence-electron chi connectivity index (χ0n) is 15.3. The molecule has 0 radical (unpaired) electrons. The topological polar surface area (TPSA) is 111 Å². The van der Waals surface area contributed by atoms with Gasteiger partial charge < -0.3 is 20.8 Å². The molecule has 0 bridgehead atoms. The third kappa shape index (κ3) is 4.88. The highest BCUT2D eigenvalue weighted by molar-refractivity contribution is 5.85. The Morgan fingerprint density at radius 2 is 2.04 bits per heavy atom. The van der Waals surface area contributed by atoms with Crippen molar-refractivity contribution in [3.63, 3.8) is 0 Å². The van der Waals surface area contributed by atoms with Gasteiger partial charge in [-0.15, -0.1) is 12.4 Å². The highest BCUT2D eigenvalue weighted by Crippen LogP contribution is 2.20. The van der Waals surface area contributed by atoms with Crippen LogP contribution in [0.5, 0.6) is 6.01 Å². The number of nitrogens with one attached hydrogen (secondary N) is 2. The lowest BCUT2D eigenvalue weighted by molar-refractivity contribution is 0.286. The van der Waals surface area contributed by atoms with E-state index in [-0.39, 0.29) is 29.9 Å². The minimum Gasteiger partial charge on any atom is -0.463 e. The lowest BCUT2D eigenvalue weighted by Crippen LogP contribution is -2.28. The van der Waals surface area contributed by atoms with E-state index in [1.165, 1.54) is 12.8 Å². The van der Waals surface area contributed by atoms with Crippen LogP contribution in [0.4, 0.5) is 5.82 Å². The second-order valence-electron chi connectivity index (χ2n) is 6.71. The van der Waals surface area contributed by atoms with Gasteiger partial charge in [-0.05, 0) is 51.1 Å². The number of aryl methyl sites for hydroxylation is 1. The van der Waals surface area contributed by atoms with E-state index in [4.69, 9.17) is 10.5 Å². The van der Waals surface area contributed by atoms with E-state index in [2.05, 4.69) is 27.2 Å². The fraction of sp³-hybridized carbons (Fsp3) is 0.706. The van der Waals surface area contributed by atoms with Crippen LogP contribution >= 0.6 is 12.4 Å². The van der Waals surface area contributed by atoms with Gasteiger partial charge in [-0.3, -0.25) is 4.57 Å². The number of H-pyrrole nitrogens is 1. The van der Waals surface area contributed by atoms with Crippen molar-refractivity contribution in [1.82, 2.24) is 24.8 Å². The molecule has 3 heterocycles. The SMILES string of the molecule is CCCCOc1nc(N)c2[nH]c(=O)n(CCCC3CCNCC3)c2n1.Cl. The molecule has 2 aromatic heterocycles. The Bertz CT molecular complexity index is 754. The molecular formula is C17H29ClN6O2. The zero-order valence-corrected chi connectivity index (χ0v) is 16.1. The van der Waals surface area contributed by atoms with Gasteiger partial charge in [-0.1, -0.05) is 13.3 Å². The van der Waals surface area contributed by atoms with Crippen molar-refractivity contribution < 1.29 is 4.74 Å². The molecule has 2 aromatic rings. The third-order valence-corrected chi connectivity index (χ3v) is 4.81. The summed E-state index contributed by atoms with van der Waals surface area (Å²) in [6.45, 7) is 5.47. The first-order valence-electron chi connectivity index (χ1n) is 9.28. The molecular weight excluding hydrogens is 356 g/mol. The van der Waals surface area contributed by atoms with E-state index in [1.54, 1.807) is 4.57 Å². The highest BCUT2D eigenvalue weighted by atomic mass is 35.5. The Hall–Kier alpha value is -1.80. The molecule has 8 nitrogen and oxygen atoms in total. The second kappa shape index (κ2) is 9.78. The van der Waals surface area contributed by atoms with E-state index >= 15 is 0 Å². The van der Waals surface area contributed by atoms with Gasteiger partial charge in [0.2, 0.25) is 0 Å². The summed E-state index contributed by atoms with van der Waals surface area (Å²) in [6, 6.07) is 0.240. The Morgan fingerprint density at radius 1 is 1.27 bits per heavy atom. The number of nitrogens with two attached hydrogens (primary N) is 1. The number of halogens is 1. The quantitative estimate of drug-likeness (QED) is 0.601. The summed E-state index contributed by atoms with van der Waals surface area (Å²) in [5, 5.41) is 3.38. The number of aromatic nitrogens is 4. The summed E-state index contributed by atoms with van der Waals surface area (Å²) in [5.41, 5.74) is 6.81. The van der Waals surface area contributed by atoms with Gasteiger partial charge in [0.15, 0.2) is 11.5 Å². The van der Waals surface area contributed by atoms with Gasteiger partial charge in [-0.2, -0.15) is 9.97 Å². The number of imidazole rings is 1. The third-order valence-electron chi connectivity index (χ3n) is 4.81. The maximum Gasteiger partial charge on any atom is 0.327 e. The summed E-state index contributed by atoms with van der Waals surface area (Å²) in [7, 11) is 0. The van der Waals surface area contributed by atoms with Crippen LogP contribution in [-0.4, -0.2) is 39.2 Å². The molecule has 0 amide bonds. The van der Waals surface area contributed by atoms with Crippen molar-refractivity contribution in [2.24, 2.45) is 5.92 Å². The Kier molecular flexibility index (Phi) is 7.71. The molecule has 0 aromatic carbocycles. The number of fused-ring (bicyclic) bond motifs is 1. The number of piperidine rings is 1. The minimum atomic E-state index is -0.188. The summed E-state index contributed by atoms with van der Waals surface area (Å²) in [5.74, 6) is 1.00. The number of nitrogens with zero attached hydrogens (tertiary/aromatic N) is 3. The first-order chi connectivity index (χ1) is 12.2. The number of rotatable bonds is 8. The maximum absolute atomic E-state index is 12.3. The summed E-state index contributed by atoms with van der Waals surface area (Å²) in [4.78, 5) is 23.6. The number of nitrogen functional groups attached to an aromatic ring is 1. The van der Waals surface area contributed by atoms with E-state index < -0.39 is 0 Å². The van der Waals surface area contributed by atoms with Gasteiger partial charge >= 0.3 is 11.7 Å². The molecule has 0 aliphatic carbocycles. The molecule has 1 fully saturated rings. The van der Waals surface area contributed by atoms with Crippen molar-refractivity contribution >= 4 is 29.4 Å². The van der Waals surface area contributed by atoms with Crippen molar-refractivity contribution in [2.45, 2.75) is 52.0 Å². The van der Waals surface area contributed by atoms with E-state index in [1.807, 2.05) is 0 Å². The van der Waals surface area contributed by atoms with Crippen LogP contribution in [0, 0.1) is 5.92 Å². The average Bonchev–Trinajstić information content (AvgIpc) is 2.93. The molecule has 1 saturated heterocycles. The van der Waals surface area contributed by atoms with Crippen LogP contribution < -0.4 is 21.5 Å². The number of ether oxygens (including phenoxy) is 1. The van der Waals surface area contributed by atoms with Crippen LogP contribution in [0.1, 0.15) is 45.4 Å². The fourth-order valence-corrected chi connectivity index (χ4v) is 3.32. The number of hydrogen-bond donors (Lipinski definition) is 3. The van der Waals surface area contributed by atoms with Gasteiger partial charge in [0.25, 0.3) is 0 Å². The molecule has 26 heavy (non-hydrogen) atoms. The van der Waals surface area contributed by atoms with Crippen LogP contribution in [0.25, 0.3) is 11.2 Å². The first kappa shape index (κ1) is 20.5. The molecule has 9 heteroatoms. The summed E-state index contributed by atoms with van der Waals surface area (Å²) in [6.07, 6.45) is 6.47. The predicted octanol–water partition coefficient (Wildman–Crippen LogP) is 2.08. The summed E-state index contributed by atoms with van der Waals surface area (Å²) >= 11 is 0. The summed E-state index contributed by atoms with van der Waals surface area (Å²) < 4.78 is 7.21. The monoisotopic (exact) mass is 384 g/mol. The predicted molar refractivity (Wildman–Crippen MR) is 105 cm³/mol. The Labute approximate surface area is 159 Å². The van der Waals surface area contributed by atoms with Crippen LogP contribution in [0.15, 0.2) is 4.79 Å². The fourth-order valence-electron chi connectivity index (χ4n) is 3.32. The zero-order chi connectivity index (χ0) is 17.6. The molecule has 146 valence electrons. The van der Waals surface area contributed by atoms with Gasteiger partial charge in [0.1, 0.15) is 5.52 Å². The first-order valence-corrected chi connectivity index (χ1v) is 9.28. The molecule has 0 saturated carbocycles. The molecule has 1 aliphatic heterocycles. The Morgan fingerprint density at radius 3 is 2.77 bits per heavy atom. The van der Waals surface area contributed by atoms with Gasteiger partial charge in [-0.25, -0.2) is 4.79 Å². The second-order valence-corrected chi connectivity index (χ2v) is 6.71. The normalized spacial score (nSPS) is 15.1. The average molecular weight is 385 g/mol.